The van der Waals surface area contributed by atoms with Crippen molar-refractivity contribution in [1.29, 1.82) is 0 Å². The average Bonchev–Trinajstić information content (AvgIpc) is 2.82. The molecule has 0 aliphatic heterocycles. The van der Waals surface area contributed by atoms with Crippen LogP contribution in [0.1, 0.15) is 11.3 Å². The molecule has 0 saturated heterocycles. The molecule has 0 amide bonds. The van der Waals surface area contributed by atoms with Crippen molar-refractivity contribution in [2.45, 2.75) is 6.42 Å². The summed E-state index contributed by atoms with van der Waals surface area (Å²) in [4.78, 5) is 4.00. The molecular formula is C15H11Cl2N3. The van der Waals surface area contributed by atoms with Gasteiger partial charge in [0.15, 0.2) is 0 Å². The Labute approximate surface area is 126 Å². The van der Waals surface area contributed by atoms with E-state index < -0.39 is 0 Å². The van der Waals surface area contributed by atoms with Crippen LogP contribution >= 0.6 is 23.2 Å². The number of hydrogen-bond donors (Lipinski definition) is 0. The Bertz CT molecular complexity index is 706. The second-order valence-electron chi connectivity index (χ2n) is 4.38. The van der Waals surface area contributed by atoms with Gasteiger partial charge in [0.1, 0.15) is 0 Å². The van der Waals surface area contributed by atoms with E-state index >= 15 is 0 Å². The quantitative estimate of drug-likeness (QED) is 0.727. The molecule has 0 unspecified atom stereocenters. The van der Waals surface area contributed by atoms with E-state index in [1.165, 1.54) is 0 Å². The van der Waals surface area contributed by atoms with Gasteiger partial charge in [-0.3, -0.25) is 4.98 Å². The molecule has 0 N–H and O–H groups in total. The number of rotatable bonds is 3. The van der Waals surface area contributed by atoms with Gasteiger partial charge in [0.25, 0.3) is 0 Å². The van der Waals surface area contributed by atoms with Crippen LogP contribution in [0.5, 0.6) is 0 Å². The predicted octanol–water partition coefficient (Wildman–Crippen LogP) is 4.16. The van der Waals surface area contributed by atoms with Crippen molar-refractivity contribution >= 4 is 23.2 Å². The summed E-state index contributed by atoms with van der Waals surface area (Å²) in [6.07, 6.45) is 6.02. The number of pyridine rings is 1. The van der Waals surface area contributed by atoms with Crippen LogP contribution in [-0.4, -0.2) is 14.8 Å². The molecule has 2 aromatic heterocycles. The first-order valence-electron chi connectivity index (χ1n) is 6.11. The molecule has 1 aromatic carbocycles. The van der Waals surface area contributed by atoms with Gasteiger partial charge in [-0.1, -0.05) is 23.2 Å². The maximum absolute atomic E-state index is 6.25. The van der Waals surface area contributed by atoms with Crippen LogP contribution in [0.4, 0.5) is 0 Å². The molecule has 2 heterocycles. The highest BCUT2D eigenvalue weighted by molar-refractivity contribution is 6.31. The molecule has 3 rings (SSSR count). The Morgan fingerprint density at radius 3 is 2.35 bits per heavy atom. The number of aromatic nitrogens is 3. The van der Waals surface area contributed by atoms with Gasteiger partial charge in [-0.05, 0) is 42.0 Å². The highest BCUT2D eigenvalue weighted by Crippen LogP contribution is 2.21. The molecule has 3 aromatic rings. The Hall–Kier alpha value is -1.84. The minimum Gasteiger partial charge on any atom is -0.265 e. The van der Waals surface area contributed by atoms with Crippen LogP contribution < -0.4 is 0 Å². The van der Waals surface area contributed by atoms with Crippen molar-refractivity contribution in [3.05, 3.63) is 76.3 Å². The summed E-state index contributed by atoms with van der Waals surface area (Å²) in [6, 6.07) is 11.4. The lowest BCUT2D eigenvalue weighted by Gasteiger charge is -2.01. The standard InChI is InChI=1S/C15H11Cl2N3/c16-12-1-3-13(4-2-12)20-10-14(17)15(19-20)9-11-5-7-18-8-6-11/h1-8,10H,9H2. The zero-order valence-electron chi connectivity index (χ0n) is 10.5. The summed E-state index contributed by atoms with van der Waals surface area (Å²) < 4.78 is 1.76. The summed E-state index contributed by atoms with van der Waals surface area (Å²) in [5.74, 6) is 0. The van der Waals surface area contributed by atoms with E-state index in [1.54, 1.807) is 23.3 Å². The number of hydrogen-bond acceptors (Lipinski definition) is 2. The molecule has 0 aliphatic rings. The third kappa shape index (κ3) is 2.84. The fourth-order valence-corrected chi connectivity index (χ4v) is 2.25. The van der Waals surface area contributed by atoms with Gasteiger partial charge in [-0.25, -0.2) is 4.68 Å². The van der Waals surface area contributed by atoms with Gasteiger partial charge in [0.2, 0.25) is 0 Å². The van der Waals surface area contributed by atoms with Crippen LogP contribution in [0.2, 0.25) is 10.0 Å². The second-order valence-corrected chi connectivity index (χ2v) is 5.22. The Kier molecular flexibility index (Phi) is 3.72. The topological polar surface area (TPSA) is 30.7 Å². The fourth-order valence-electron chi connectivity index (χ4n) is 1.93. The lowest BCUT2D eigenvalue weighted by atomic mass is 10.1. The molecule has 0 spiro atoms. The highest BCUT2D eigenvalue weighted by atomic mass is 35.5. The first kappa shape index (κ1) is 13.2. The maximum atomic E-state index is 6.25. The van der Waals surface area contributed by atoms with Crippen molar-refractivity contribution in [1.82, 2.24) is 14.8 Å². The van der Waals surface area contributed by atoms with Gasteiger partial charge in [-0.15, -0.1) is 0 Å². The van der Waals surface area contributed by atoms with Crippen molar-refractivity contribution in [2.24, 2.45) is 0 Å². The van der Waals surface area contributed by atoms with Gasteiger partial charge in [-0.2, -0.15) is 5.10 Å². The molecule has 100 valence electrons. The zero-order chi connectivity index (χ0) is 13.9. The smallest absolute Gasteiger partial charge is 0.0858 e. The minimum atomic E-state index is 0.650. The third-order valence-electron chi connectivity index (χ3n) is 2.95. The zero-order valence-corrected chi connectivity index (χ0v) is 12.0. The van der Waals surface area contributed by atoms with Gasteiger partial charge in [0, 0.05) is 30.0 Å². The molecule has 0 fully saturated rings. The number of halogens is 2. The molecule has 0 atom stereocenters. The van der Waals surface area contributed by atoms with Crippen LogP contribution in [0, 0.1) is 0 Å². The van der Waals surface area contributed by atoms with Crippen molar-refractivity contribution in [3.63, 3.8) is 0 Å². The molecule has 20 heavy (non-hydrogen) atoms. The number of nitrogens with zero attached hydrogens (tertiary/aromatic N) is 3. The van der Waals surface area contributed by atoms with Gasteiger partial charge < -0.3 is 0 Å². The molecular weight excluding hydrogens is 293 g/mol. The normalized spacial score (nSPS) is 10.7. The molecule has 0 aliphatic carbocycles. The van der Waals surface area contributed by atoms with E-state index in [2.05, 4.69) is 10.1 Å². The Morgan fingerprint density at radius 2 is 1.65 bits per heavy atom. The predicted molar refractivity (Wildman–Crippen MR) is 80.6 cm³/mol. The van der Waals surface area contributed by atoms with Crippen LogP contribution in [0.3, 0.4) is 0 Å². The Morgan fingerprint density at radius 1 is 0.950 bits per heavy atom. The van der Waals surface area contributed by atoms with Crippen molar-refractivity contribution in [3.8, 4) is 5.69 Å². The van der Waals surface area contributed by atoms with E-state index in [-0.39, 0.29) is 0 Å². The molecule has 0 bridgehead atoms. The van der Waals surface area contributed by atoms with Gasteiger partial charge in [0.05, 0.1) is 16.4 Å². The van der Waals surface area contributed by atoms with Crippen LogP contribution in [0.25, 0.3) is 5.69 Å². The summed E-state index contributed by atoms with van der Waals surface area (Å²) in [5, 5.41) is 5.87. The lowest BCUT2D eigenvalue weighted by molar-refractivity contribution is 0.848. The lowest BCUT2D eigenvalue weighted by Crippen LogP contribution is -1.96. The van der Waals surface area contributed by atoms with E-state index in [9.17, 15) is 0 Å². The van der Waals surface area contributed by atoms with Crippen molar-refractivity contribution < 1.29 is 0 Å². The fraction of sp³-hybridized carbons (Fsp3) is 0.0667. The van der Waals surface area contributed by atoms with E-state index in [0.29, 0.717) is 16.5 Å². The second kappa shape index (κ2) is 5.65. The highest BCUT2D eigenvalue weighted by Gasteiger charge is 2.09. The Balaban J connectivity index is 1.89. The summed E-state index contributed by atoms with van der Waals surface area (Å²) in [7, 11) is 0. The molecule has 5 heteroatoms. The first-order valence-corrected chi connectivity index (χ1v) is 6.87. The third-order valence-corrected chi connectivity index (χ3v) is 3.52. The minimum absolute atomic E-state index is 0.650. The maximum Gasteiger partial charge on any atom is 0.0858 e. The van der Waals surface area contributed by atoms with E-state index in [0.717, 1.165) is 16.9 Å². The molecule has 0 saturated carbocycles. The van der Waals surface area contributed by atoms with Crippen molar-refractivity contribution in [2.75, 3.05) is 0 Å². The van der Waals surface area contributed by atoms with Crippen LogP contribution in [-0.2, 0) is 6.42 Å². The first-order chi connectivity index (χ1) is 9.72. The molecule has 3 nitrogen and oxygen atoms in total. The molecule has 0 radical (unpaired) electrons. The number of benzene rings is 1. The van der Waals surface area contributed by atoms with Gasteiger partial charge >= 0.3 is 0 Å². The van der Waals surface area contributed by atoms with Crippen LogP contribution in [0.15, 0.2) is 55.0 Å². The summed E-state index contributed by atoms with van der Waals surface area (Å²) in [6.45, 7) is 0. The largest absolute Gasteiger partial charge is 0.265 e. The summed E-state index contributed by atoms with van der Waals surface area (Å²) in [5.41, 5.74) is 2.90. The monoisotopic (exact) mass is 303 g/mol. The van der Waals surface area contributed by atoms with E-state index in [1.807, 2.05) is 36.4 Å². The van der Waals surface area contributed by atoms with E-state index in [4.69, 9.17) is 23.2 Å². The summed E-state index contributed by atoms with van der Waals surface area (Å²) >= 11 is 12.1. The average molecular weight is 304 g/mol. The SMILES string of the molecule is Clc1ccc(-n2cc(Cl)c(Cc3ccncc3)n2)cc1.